The number of carbonyl (C=O) groups excluding carboxylic acids is 1. The summed E-state index contributed by atoms with van der Waals surface area (Å²) < 4.78 is 47.0. The third kappa shape index (κ3) is 4.91. The minimum absolute atomic E-state index is 0.0794. The van der Waals surface area contributed by atoms with E-state index < -0.39 is 28.3 Å². The molecule has 0 aliphatic carbocycles. The molecule has 3 aromatic rings. The zero-order valence-electron chi connectivity index (χ0n) is 18.3. The third-order valence-corrected chi connectivity index (χ3v) is 6.83. The molecule has 168 valence electrons. The number of amides is 1. The molecule has 0 fully saturated rings. The average Bonchev–Trinajstić information content (AvgIpc) is 2.75. The van der Waals surface area contributed by atoms with Gasteiger partial charge in [0.05, 0.1) is 12.8 Å². The van der Waals surface area contributed by atoms with Crippen molar-refractivity contribution in [1.82, 2.24) is 0 Å². The van der Waals surface area contributed by atoms with Gasteiger partial charge in [0.2, 0.25) is 5.91 Å². The summed E-state index contributed by atoms with van der Waals surface area (Å²) in [5, 5.41) is 2.80. The number of sulfonamides is 1. The fraction of sp³-hybridized carbons (Fsp3) is 0.208. The lowest BCUT2D eigenvalue weighted by Gasteiger charge is -2.25. The molecule has 0 atom stereocenters. The van der Waals surface area contributed by atoms with Gasteiger partial charge in [-0.2, -0.15) is 0 Å². The van der Waals surface area contributed by atoms with Crippen LogP contribution in [0.25, 0.3) is 0 Å². The van der Waals surface area contributed by atoms with Crippen LogP contribution in [0.5, 0.6) is 5.75 Å². The van der Waals surface area contributed by atoms with Crippen molar-refractivity contribution in [2.24, 2.45) is 0 Å². The van der Waals surface area contributed by atoms with Crippen LogP contribution < -0.4 is 14.4 Å². The number of hydrogen-bond acceptors (Lipinski definition) is 4. The van der Waals surface area contributed by atoms with Crippen molar-refractivity contribution < 1.29 is 22.3 Å². The van der Waals surface area contributed by atoms with E-state index in [2.05, 4.69) is 5.32 Å². The van der Waals surface area contributed by atoms with E-state index >= 15 is 0 Å². The van der Waals surface area contributed by atoms with Crippen LogP contribution >= 0.6 is 0 Å². The van der Waals surface area contributed by atoms with Crippen LogP contribution in [0, 0.1) is 26.6 Å². The Labute approximate surface area is 187 Å². The van der Waals surface area contributed by atoms with Gasteiger partial charge in [-0.15, -0.1) is 0 Å². The first kappa shape index (κ1) is 23.3. The first-order valence-electron chi connectivity index (χ1n) is 9.92. The molecule has 0 heterocycles. The fourth-order valence-electron chi connectivity index (χ4n) is 3.35. The maximum absolute atomic E-state index is 13.6. The Bertz CT molecular complexity index is 1220. The number of anilines is 2. The lowest BCUT2D eigenvalue weighted by atomic mass is 10.1. The van der Waals surface area contributed by atoms with E-state index in [-0.39, 0.29) is 16.3 Å². The number of rotatable bonds is 7. The quantitative estimate of drug-likeness (QED) is 0.564. The molecule has 8 heteroatoms. The highest BCUT2D eigenvalue weighted by Gasteiger charge is 2.30. The Morgan fingerprint density at radius 2 is 1.62 bits per heavy atom. The molecule has 3 aromatic carbocycles. The minimum Gasteiger partial charge on any atom is -0.495 e. The molecule has 6 nitrogen and oxygen atoms in total. The molecule has 0 spiro atoms. The molecule has 1 N–H and O–H groups in total. The van der Waals surface area contributed by atoms with Crippen molar-refractivity contribution in [2.75, 3.05) is 23.3 Å². The molecule has 32 heavy (non-hydrogen) atoms. The van der Waals surface area contributed by atoms with E-state index in [9.17, 15) is 17.6 Å². The number of ether oxygens (including phenoxy) is 1. The molecule has 0 aliphatic rings. The second-order valence-electron chi connectivity index (χ2n) is 7.46. The lowest BCUT2D eigenvalue weighted by Crippen LogP contribution is -2.38. The zero-order chi connectivity index (χ0) is 23.5. The van der Waals surface area contributed by atoms with Crippen LogP contribution in [-0.4, -0.2) is 28.0 Å². The fourth-order valence-corrected chi connectivity index (χ4v) is 5.01. The van der Waals surface area contributed by atoms with Crippen molar-refractivity contribution in [2.45, 2.75) is 25.7 Å². The molecule has 0 aliphatic heterocycles. The Kier molecular flexibility index (Phi) is 6.84. The molecule has 0 saturated carbocycles. The summed E-state index contributed by atoms with van der Waals surface area (Å²) in [5.41, 5.74) is 3.21. The van der Waals surface area contributed by atoms with Gasteiger partial charge in [0.15, 0.2) is 0 Å². The third-order valence-electron chi connectivity index (χ3n) is 5.03. The van der Waals surface area contributed by atoms with Crippen LogP contribution in [0.1, 0.15) is 16.7 Å². The second-order valence-corrected chi connectivity index (χ2v) is 9.29. The highest BCUT2D eigenvalue weighted by Crippen LogP contribution is 2.31. The predicted octanol–water partition coefficient (Wildman–Crippen LogP) is 4.59. The van der Waals surface area contributed by atoms with E-state index in [0.29, 0.717) is 11.3 Å². The number of nitrogens with zero attached hydrogens (tertiary/aromatic N) is 1. The van der Waals surface area contributed by atoms with Crippen LogP contribution in [0.4, 0.5) is 15.8 Å². The van der Waals surface area contributed by atoms with Crippen molar-refractivity contribution in [1.29, 1.82) is 0 Å². The molecule has 0 saturated heterocycles. The summed E-state index contributed by atoms with van der Waals surface area (Å²) >= 11 is 0. The van der Waals surface area contributed by atoms with Crippen LogP contribution in [-0.2, 0) is 14.8 Å². The first-order valence-corrected chi connectivity index (χ1v) is 11.4. The smallest absolute Gasteiger partial charge is 0.268 e. The summed E-state index contributed by atoms with van der Waals surface area (Å²) in [7, 11) is -2.84. The van der Waals surface area contributed by atoms with Gasteiger partial charge in [0.25, 0.3) is 10.0 Å². The number of hydrogen-bond donors (Lipinski definition) is 1. The lowest BCUT2D eigenvalue weighted by molar-refractivity contribution is -0.114. The average molecular weight is 457 g/mol. The van der Waals surface area contributed by atoms with E-state index in [4.69, 9.17) is 4.74 Å². The summed E-state index contributed by atoms with van der Waals surface area (Å²) in [6.07, 6.45) is 0. The number of nitrogens with one attached hydrogen (secondary N) is 1. The van der Waals surface area contributed by atoms with E-state index in [1.54, 1.807) is 19.1 Å². The van der Waals surface area contributed by atoms with Gasteiger partial charge in [-0.3, -0.25) is 9.10 Å². The zero-order valence-corrected chi connectivity index (χ0v) is 19.2. The largest absolute Gasteiger partial charge is 0.495 e. The van der Waals surface area contributed by atoms with Gasteiger partial charge < -0.3 is 10.1 Å². The minimum atomic E-state index is -4.21. The van der Waals surface area contributed by atoms with Crippen LogP contribution in [0.15, 0.2) is 65.6 Å². The monoisotopic (exact) mass is 456 g/mol. The molecule has 1 amide bonds. The standard InChI is InChI=1S/C24H25FN2O4S/c1-16-8-13-21(31-4)22(14-16)32(29,30)27(20-11-9-19(25)10-12-20)15-23(28)26-24-17(2)6-5-7-18(24)3/h5-14H,15H2,1-4H3,(H,26,28). The van der Waals surface area contributed by atoms with Crippen molar-refractivity contribution in [3.63, 3.8) is 0 Å². The van der Waals surface area contributed by atoms with Gasteiger partial charge in [-0.05, 0) is 73.9 Å². The van der Waals surface area contributed by atoms with Crippen molar-refractivity contribution in [3.05, 3.63) is 83.2 Å². The van der Waals surface area contributed by atoms with Crippen molar-refractivity contribution in [3.8, 4) is 5.75 Å². The number of benzene rings is 3. The Balaban J connectivity index is 2.04. The van der Waals surface area contributed by atoms with E-state index in [0.717, 1.165) is 27.6 Å². The summed E-state index contributed by atoms with van der Waals surface area (Å²) in [4.78, 5) is 12.9. The first-order chi connectivity index (χ1) is 15.1. The van der Waals surface area contributed by atoms with Gasteiger partial charge in [-0.25, -0.2) is 12.8 Å². The Morgan fingerprint density at radius 1 is 1.00 bits per heavy atom. The maximum atomic E-state index is 13.6. The van der Waals surface area contributed by atoms with Crippen LogP contribution in [0.2, 0.25) is 0 Å². The molecule has 0 bridgehead atoms. The van der Waals surface area contributed by atoms with E-state index in [1.165, 1.54) is 25.3 Å². The van der Waals surface area contributed by atoms with Gasteiger partial charge in [0, 0.05) is 5.69 Å². The topological polar surface area (TPSA) is 75.7 Å². The number of methoxy groups -OCH3 is 1. The highest BCUT2D eigenvalue weighted by atomic mass is 32.2. The number of carbonyl (C=O) groups is 1. The molecule has 0 aromatic heterocycles. The SMILES string of the molecule is COc1ccc(C)cc1S(=O)(=O)N(CC(=O)Nc1c(C)cccc1C)c1ccc(F)cc1. The van der Waals surface area contributed by atoms with Gasteiger partial charge in [0.1, 0.15) is 23.0 Å². The van der Waals surface area contributed by atoms with Gasteiger partial charge >= 0.3 is 0 Å². The summed E-state index contributed by atoms with van der Waals surface area (Å²) in [6.45, 7) is 4.97. The van der Waals surface area contributed by atoms with E-state index in [1.807, 2.05) is 32.0 Å². The number of aryl methyl sites for hydroxylation is 3. The molecular weight excluding hydrogens is 431 g/mol. The predicted molar refractivity (Wildman–Crippen MR) is 123 cm³/mol. The Hall–Kier alpha value is -3.39. The molecule has 0 unspecified atom stereocenters. The molecule has 3 rings (SSSR count). The number of halogens is 1. The summed E-state index contributed by atoms with van der Waals surface area (Å²) in [6, 6.07) is 15.3. The second kappa shape index (κ2) is 9.40. The van der Waals surface area contributed by atoms with Crippen molar-refractivity contribution >= 4 is 27.3 Å². The van der Waals surface area contributed by atoms with Gasteiger partial charge in [-0.1, -0.05) is 24.3 Å². The summed E-state index contributed by atoms with van der Waals surface area (Å²) in [5.74, 6) is -0.890. The van der Waals surface area contributed by atoms with Crippen LogP contribution in [0.3, 0.4) is 0 Å². The molecular formula is C24H25FN2O4S. The number of para-hydroxylation sites is 1. The Morgan fingerprint density at radius 3 is 2.22 bits per heavy atom. The normalized spacial score (nSPS) is 11.2. The highest BCUT2D eigenvalue weighted by molar-refractivity contribution is 7.93. The molecule has 0 radical (unpaired) electrons. The maximum Gasteiger partial charge on any atom is 0.268 e.